The van der Waals surface area contributed by atoms with E-state index in [1.807, 2.05) is 0 Å². The van der Waals surface area contributed by atoms with E-state index in [0.717, 1.165) is 38.4 Å². The summed E-state index contributed by atoms with van der Waals surface area (Å²) in [5.74, 6) is 0. The number of hydrogen-bond donors (Lipinski definition) is 0. The first-order valence-electron chi connectivity index (χ1n) is 8.83. The third-order valence-electron chi connectivity index (χ3n) is 5.61. The maximum absolute atomic E-state index is 5.47. The molecule has 3 heterocycles. The van der Waals surface area contributed by atoms with Crippen LogP contribution in [0.25, 0.3) is 0 Å². The van der Waals surface area contributed by atoms with Crippen LogP contribution in [0.15, 0.2) is 0 Å². The van der Waals surface area contributed by atoms with Gasteiger partial charge in [0.15, 0.2) is 0 Å². The molecule has 0 saturated carbocycles. The van der Waals surface area contributed by atoms with Crippen molar-refractivity contribution in [2.75, 3.05) is 59.0 Å². The zero-order chi connectivity index (χ0) is 14.9. The Labute approximate surface area is 130 Å². The standard InChI is InChI=1S/C17H33N3O/c1-15-16-5-4-6-19(16)7-8-20(15)14-17(2,3)13-18-9-11-21-12-10-18/h15-16H,4-14H2,1-3H3. The molecule has 0 bridgehead atoms. The number of piperazine rings is 1. The zero-order valence-corrected chi connectivity index (χ0v) is 14.2. The molecule has 0 N–H and O–H groups in total. The highest BCUT2D eigenvalue weighted by Gasteiger charge is 2.38. The van der Waals surface area contributed by atoms with Gasteiger partial charge in [-0.1, -0.05) is 13.8 Å². The summed E-state index contributed by atoms with van der Waals surface area (Å²) in [6, 6.07) is 1.54. The number of ether oxygens (including phenoxy) is 1. The van der Waals surface area contributed by atoms with Crippen molar-refractivity contribution in [2.45, 2.75) is 45.7 Å². The predicted octanol–water partition coefficient (Wildman–Crippen LogP) is 1.51. The van der Waals surface area contributed by atoms with Crippen molar-refractivity contribution in [1.29, 1.82) is 0 Å². The number of nitrogens with zero attached hydrogens (tertiary/aromatic N) is 3. The average molecular weight is 295 g/mol. The molecule has 4 nitrogen and oxygen atoms in total. The highest BCUT2D eigenvalue weighted by Crippen LogP contribution is 2.29. The molecule has 21 heavy (non-hydrogen) atoms. The van der Waals surface area contributed by atoms with Crippen molar-refractivity contribution in [3.63, 3.8) is 0 Å². The smallest absolute Gasteiger partial charge is 0.0594 e. The van der Waals surface area contributed by atoms with E-state index in [1.165, 1.54) is 45.6 Å². The van der Waals surface area contributed by atoms with Gasteiger partial charge in [-0.3, -0.25) is 14.7 Å². The van der Waals surface area contributed by atoms with Crippen LogP contribution in [0.1, 0.15) is 33.6 Å². The van der Waals surface area contributed by atoms with Crippen LogP contribution in [0.3, 0.4) is 0 Å². The molecular weight excluding hydrogens is 262 g/mol. The zero-order valence-electron chi connectivity index (χ0n) is 14.2. The minimum Gasteiger partial charge on any atom is -0.379 e. The lowest BCUT2D eigenvalue weighted by atomic mass is 9.89. The van der Waals surface area contributed by atoms with Gasteiger partial charge in [-0.05, 0) is 31.7 Å². The molecule has 3 fully saturated rings. The number of morpholine rings is 1. The molecule has 3 saturated heterocycles. The molecule has 0 amide bonds. The lowest BCUT2D eigenvalue weighted by Gasteiger charge is -2.47. The Balaban J connectivity index is 1.54. The summed E-state index contributed by atoms with van der Waals surface area (Å²) in [5, 5.41) is 0. The Morgan fingerprint density at radius 1 is 1.00 bits per heavy atom. The van der Waals surface area contributed by atoms with Gasteiger partial charge >= 0.3 is 0 Å². The fraction of sp³-hybridized carbons (Fsp3) is 1.00. The molecular formula is C17H33N3O. The minimum atomic E-state index is 0.367. The van der Waals surface area contributed by atoms with Crippen LogP contribution in [0.4, 0.5) is 0 Å². The van der Waals surface area contributed by atoms with Crippen LogP contribution >= 0.6 is 0 Å². The monoisotopic (exact) mass is 295 g/mol. The van der Waals surface area contributed by atoms with E-state index in [1.54, 1.807) is 0 Å². The molecule has 2 atom stereocenters. The Hall–Kier alpha value is -0.160. The van der Waals surface area contributed by atoms with E-state index >= 15 is 0 Å². The third-order valence-corrected chi connectivity index (χ3v) is 5.61. The molecule has 0 aromatic carbocycles. The van der Waals surface area contributed by atoms with Crippen molar-refractivity contribution in [2.24, 2.45) is 5.41 Å². The molecule has 3 aliphatic rings. The van der Waals surface area contributed by atoms with Crippen molar-refractivity contribution < 1.29 is 4.74 Å². The SMILES string of the molecule is CC1C2CCCN2CCN1CC(C)(C)CN1CCOCC1. The van der Waals surface area contributed by atoms with Crippen LogP contribution in [0.5, 0.6) is 0 Å². The minimum absolute atomic E-state index is 0.367. The second-order valence-corrected chi connectivity index (χ2v) is 8.01. The van der Waals surface area contributed by atoms with E-state index in [0.29, 0.717) is 5.41 Å². The van der Waals surface area contributed by atoms with Gasteiger partial charge in [-0.25, -0.2) is 0 Å². The number of hydrogen-bond acceptors (Lipinski definition) is 4. The van der Waals surface area contributed by atoms with Gasteiger partial charge in [-0.2, -0.15) is 0 Å². The van der Waals surface area contributed by atoms with Gasteiger partial charge in [-0.15, -0.1) is 0 Å². The van der Waals surface area contributed by atoms with E-state index in [-0.39, 0.29) is 0 Å². The van der Waals surface area contributed by atoms with Crippen LogP contribution in [-0.2, 0) is 4.74 Å². The normalized spacial score (nSPS) is 33.3. The first-order valence-corrected chi connectivity index (χ1v) is 8.83. The summed E-state index contributed by atoms with van der Waals surface area (Å²) in [6.45, 7) is 17.7. The van der Waals surface area contributed by atoms with E-state index in [2.05, 4.69) is 35.5 Å². The van der Waals surface area contributed by atoms with Gasteiger partial charge in [0.25, 0.3) is 0 Å². The molecule has 122 valence electrons. The van der Waals surface area contributed by atoms with Gasteiger partial charge in [0.2, 0.25) is 0 Å². The first kappa shape index (κ1) is 15.7. The largest absolute Gasteiger partial charge is 0.379 e. The lowest BCUT2D eigenvalue weighted by Crippen LogP contribution is -2.58. The maximum atomic E-state index is 5.47. The highest BCUT2D eigenvalue weighted by molar-refractivity contribution is 4.94. The van der Waals surface area contributed by atoms with E-state index < -0.39 is 0 Å². The van der Waals surface area contributed by atoms with Gasteiger partial charge in [0.1, 0.15) is 0 Å². The van der Waals surface area contributed by atoms with Crippen LogP contribution in [0, 0.1) is 5.41 Å². The fourth-order valence-corrected chi connectivity index (χ4v) is 4.57. The molecule has 0 aliphatic carbocycles. The summed E-state index contributed by atoms with van der Waals surface area (Å²) in [6.07, 6.45) is 2.81. The summed E-state index contributed by atoms with van der Waals surface area (Å²) in [7, 11) is 0. The van der Waals surface area contributed by atoms with E-state index in [9.17, 15) is 0 Å². The fourth-order valence-electron chi connectivity index (χ4n) is 4.57. The highest BCUT2D eigenvalue weighted by atomic mass is 16.5. The maximum Gasteiger partial charge on any atom is 0.0594 e. The Kier molecular flexibility index (Phi) is 4.89. The second-order valence-electron chi connectivity index (χ2n) is 8.01. The van der Waals surface area contributed by atoms with Crippen molar-refractivity contribution >= 4 is 0 Å². The van der Waals surface area contributed by atoms with Crippen LogP contribution < -0.4 is 0 Å². The van der Waals surface area contributed by atoms with Crippen LogP contribution in [0.2, 0.25) is 0 Å². The molecule has 0 spiro atoms. The number of rotatable bonds is 4. The summed E-state index contributed by atoms with van der Waals surface area (Å²) < 4.78 is 5.47. The molecule has 0 radical (unpaired) electrons. The first-order chi connectivity index (χ1) is 10.1. The lowest BCUT2D eigenvalue weighted by molar-refractivity contribution is -0.00470. The van der Waals surface area contributed by atoms with E-state index in [4.69, 9.17) is 4.74 Å². The van der Waals surface area contributed by atoms with Crippen molar-refractivity contribution in [3.8, 4) is 0 Å². The molecule has 3 aliphatic heterocycles. The summed E-state index contributed by atoms with van der Waals surface area (Å²) >= 11 is 0. The molecule has 3 rings (SSSR count). The second kappa shape index (κ2) is 6.53. The molecule has 0 aromatic rings. The molecule has 2 unspecified atom stereocenters. The van der Waals surface area contributed by atoms with Gasteiger partial charge < -0.3 is 4.74 Å². The molecule has 0 aromatic heterocycles. The van der Waals surface area contributed by atoms with Crippen molar-refractivity contribution in [3.05, 3.63) is 0 Å². The summed E-state index contributed by atoms with van der Waals surface area (Å²) in [4.78, 5) is 8.06. The Morgan fingerprint density at radius 3 is 2.52 bits per heavy atom. The van der Waals surface area contributed by atoms with Gasteiger partial charge in [0, 0.05) is 51.4 Å². The van der Waals surface area contributed by atoms with Crippen molar-refractivity contribution in [1.82, 2.24) is 14.7 Å². The average Bonchev–Trinajstić information content (AvgIpc) is 2.92. The quantitative estimate of drug-likeness (QED) is 0.782. The van der Waals surface area contributed by atoms with Gasteiger partial charge in [0.05, 0.1) is 13.2 Å². The predicted molar refractivity (Wildman–Crippen MR) is 86.7 cm³/mol. The Bertz CT molecular complexity index is 341. The topological polar surface area (TPSA) is 19.0 Å². The third kappa shape index (κ3) is 3.79. The summed E-state index contributed by atoms with van der Waals surface area (Å²) in [5.41, 5.74) is 0.367. The Morgan fingerprint density at radius 2 is 1.76 bits per heavy atom. The van der Waals surface area contributed by atoms with Crippen LogP contribution in [-0.4, -0.2) is 85.8 Å². The molecule has 4 heteroatoms. The number of fused-ring (bicyclic) bond motifs is 1.